The molecule has 0 aliphatic heterocycles. The highest BCUT2D eigenvalue weighted by molar-refractivity contribution is 5.69. The number of hydrogen-bond acceptors (Lipinski definition) is 1. The molecular weight excluding hydrogens is 242 g/mol. The van der Waals surface area contributed by atoms with Gasteiger partial charge in [0.2, 0.25) is 0 Å². The van der Waals surface area contributed by atoms with Gasteiger partial charge < -0.3 is 4.99 Å². The Kier molecular flexibility index (Phi) is 4.38. The Morgan fingerprint density at radius 1 is 1.45 bits per heavy atom. The van der Waals surface area contributed by atoms with Gasteiger partial charge in [0, 0.05) is 13.0 Å². The van der Waals surface area contributed by atoms with Gasteiger partial charge in [-0.3, -0.25) is 0 Å². The molecule has 100 valence electrons. The zero-order valence-corrected chi connectivity index (χ0v) is 11.9. The second kappa shape index (κ2) is 6.21. The SMILES string of the molecule is C=CC(/C=C1\C(=C)C2=CC=CC#CC2C1=C)C/C=N\C. The molecule has 1 heteroatoms. The summed E-state index contributed by atoms with van der Waals surface area (Å²) < 4.78 is 0. The lowest BCUT2D eigenvalue weighted by Crippen LogP contribution is -1.97. The normalized spacial score (nSPS) is 24.1. The van der Waals surface area contributed by atoms with Crippen LogP contribution in [-0.4, -0.2) is 13.3 Å². The van der Waals surface area contributed by atoms with Gasteiger partial charge in [0.1, 0.15) is 0 Å². The third-order valence-corrected chi connectivity index (χ3v) is 3.61. The molecule has 2 unspecified atom stereocenters. The first-order chi connectivity index (χ1) is 9.69. The number of aliphatic imine (C=N–C) groups is 1. The maximum absolute atomic E-state index is 4.21. The lowest BCUT2D eigenvalue weighted by atomic mass is 9.97. The summed E-state index contributed by atoms with van der Waals surface area (Å²) in [5.74, 6) is 6.59. The van der Waals surface area contributed by atoms with Crippen molar-refractivity contribution in [3.05, 3.63) is 72.4 Å². The Bertz CT molecular complexity index is 626. The van der Waals surface area contributed by atoms with Crippen molar-refractivity contribution < 1.29 is 0 Å². The van der Waals surface area contributed by atoms with E-state index in [2.05, 4.69) is 48.7 Å². The molecule has 0 heterocycles. The Balaban J connectivity index is 2.34. The van der Waals surface area contributed by atoms with Crippen molar-refractivity contribution in [3.63, 3.8) is 0 Å². The van der Waals surface area contributed by atoms with Crippen LogP contribution in [0, 0.1) is 23.7 Å². The van der Waals surface area contributed by atoms with Crippen molar-refractivity contribution in [3.8, 4) is 11.8 Å². The first-order valence-electron chi connectivity index (χ1n) is 6.70. The molecule has 2 aliphatic rings. The van der Waals surface area contributed by atoms with E-state index in [1.54, 1.807) is 7.05 Å². The number of rotatable bonds is 4. The summed E-state index contributed by atoms with van der Waals surface area (Å²) in [7, 11) is 1.78. The lowest BCUT2D eigenvalue weighted by molar-refractivity contribution is 0.866. The fourth-order valence-electron chi connectivity index (χ4n) is 2.44. The van der Waals surface area contributed by atoms with Crippen LogP contribution in [0.1, 0.15) is 6.42 Å². The summed E-state index contributed by atoms with van der Waals surface area (Å²) in [6, 6.07) is 0. The van der Waals surface area contributed by atoms with Crippen molar-refractivity contribution in [1.82, 2.24) is 0 Å². The molecule has 0 N–H and O–H groups in total. The predicted molar refractivity (Wildman–Crippen MR) is 87.6 cm³/mol. The average Bonchev–Trinajstić information content (AvgIpc) is 2.67. The predicted octanol–water partition coefficient (Wildman–Crippen LogP) is 4.05. The van der Waals surface area contributed by atoms with Crippen molar-refractivity contribution in [2.45, 2.75) is 6.42 Å². The van der Waals surface area contributed by atoms with Crippen LogP contribution in [0.15, 0.2) is 77.4 Å². The van der Waals surface area contributed by atoms with Crippen LogP contribution in [-0.2, 0) is 0 Å². The Labute approximate surface area is 121 Å². The van der Waals surface area contributed by atoms with E-state index in [1.165, 1.54) is 0 Å². The van der Waals surface area contributed by atoms with Crippen LogP contribution in [0.3, 0.4) is 0 Å². The van der Waals surface area contributed by atoms with Gasteiger partial charge in [-0.05, 0) is 41.0 Å². The van der Waals surface area contributed by atoms with E-state index in [0.717, 1.165) is 28.7 Å². The van der Waals surface area contributed by atoms with Crippen molar-refractivity contribution >= 4 is 6.21 Å². The van der Waals surface area contributed by atoms with E-state index >= 15 is 0 Å². The first kappa shape index (κ1) is 14.1. The molecule has 2 rings (SSSR count). The lowest BCUT2D eigenvalue weighted by Gasteiger charge is -2.07. The summed E-state index contributed by atoms with van der Waals surface area (Å²) >= 11 is 0. The standard InChI is InChI=1S/C19H19N/c1-5-16(11-12-20-4)13-19-14(2)17-9-7-6-8-10-18(17)15(19)3/h5-7,9,12-13,16,18H,1-3,11H2,4H3/b19-13+,20-12-. The van der Waals surface area contributed by atoms with Gasteiger partial charge in [0.05, 0.1) is 5.92 Å². The van der Waals surface area contributed by atoms with E-state index in [0.29, 0.717) is 0 Å². The van der Waals surface area contributed by atoms with Gasteiger partial charge in [-0.2, -0.15) is 0 Å². The minimum atomic E-state index is 0.0778. The highest BCUT2D eigenvalue weighted by atomic mass is 14.6. The van der Waals surface area contributed by atoms with Gasteiger partial charge in [-0.1, -0.05) is 49.3 Å². The van der Waals surface area contributed by atoms with Crippen molar-refractivity contribution in [2.24, 2.45) is 16.8 Å². The van der Waals surface area contributed by atoms with E-state index in [-0.39, 0.29) is 11.8 Å². The molecule has 0 bridgehead atoms. The van der Waals surface area contributed by atoms with Gasteiger partial charge in [-0.25, -0.2) is 0 Å². The second-order valence-corrected chi connectivity index (χ2v) is 4.86. The van der Waals surface area contributed by atoms with Gasteiger partial charge in [0.25, 0.3) is 0 Å². The first-order valence-corrected chi connectivity index (χ1v) is 6.70. The van der Waals surface area contributed by atoms with Crippen LogP contribution >= 0.6 is 0 Å². The second-order valence-electron chi connectivity index (χ2n) is 4.86. The maximum atomic E-state index is 4.21. The van der Waals surface area contributed by atoms with Crippen LogP contribution < -0.4 is 0 Å². The summed E-state index contributed by atoms with van der Waals surface area (Å²) in [5, 5.41) is 0. The number of hydrogen-bond donors (Lipinski definition) is 0. The molecule has 0 spiro atoms. The quantitative estimate of drug-likeness (QED) is 0.411. The van der Waals surface area contributed by atoms with Gasteiger partial charge >= 0.3 is 0 Å². The van der Waals surface area contributed by atoms with Crippen LogP contribution in [0.25, 0.3) is 0 Å². The molecule has 2 atom stereocenters. The van der Waals surface area contributed by atoms with Gasteiger partial charge in [-0.15, -0.1) is 6.58 Å². The van der Waals surface area contributed by atoms with Gasteiger partial charge in [0.15, 0.2) is 0 Å². The van der Waals surface area contributed by atoms with Crippen molar-refractivity contribution in [1.29, 1.82) is 0 Å². The molecule has 0 radical (unpaired) electrons. The third-order valence-electron chi connectivity index (χ3n) is 3.61. The Morgan fingerprint density at radius 2 is 2.25 bits per heavy atom. The van der Waals surface area contributed by atoms with E-state index in [9.17, 15) is 0 Å². The Hall–Kier alpha value is -2.33. The van der Waals surface area contributed by atoms with Crippen LogP contribution in [0.4, 0.5) is 0 Å². The molecule has 0 aromatic carbocycles. The third kappa shape index (κ3) is 2.65. The van der Waals surface area contributed by atoms with E-state index < -0.39 is 0 Å². The highest BCUT2D eigenvalue weighted by Crippen LogP contribution is 2.43. The zero-order chi connectivity index (χ0) is 14.5. The number of allylic oxidation sites excluding steroid dienone is 9. The summed E-state index contributed by atoms with van der Waals surface area (Å²) in [5.41, 5.74) is 4.34. The molecule has 2 aliphatic carbocycles. The minimum absolute atomic E-state index is 0.0778. The fourth-order valence-corrected chi connectivity index (χ4v) is 2.44. The van der Waals surface area contributed by atoms with E-state index in [1.807, 2.05) is 24.4 Å². The Morgan fingerprint density at radius 3 is 2.95 bits per heavy atom. The van der Waals surface area contributed by atoms with Crippen LogP contribution in [0.5, 0.6) is 0 Å². The molecule has 0 amide bonds. The average molecular weight is 261 g/mol. The monoisotopic (exact) mass is 261 g/mol. The molecule has 0 saturated heterocycles. The maximum Gasteiger partial charge on any atom is 0.0711 e. The fraction of sp³-hybridized carbons (Fsp3) is 0.211. The van der Waals surface area contributed by atoms with Crippen molar-refractivity contribution in [2.75, 3.05) is 7.05 Å². The summed E-state index contributed by atoms with van der Waals surface area (Å²) in [6.45, 7) is 12.3. The summed E-state index contributed by atoms with van der Waals surface area (Å²) in [4.78, 5) is 4.03. The largest absolute Gasteiger partial charge is 0.301 e. The number of nitrogens with zero attached hydrogens (tertiary/aromatic N) is 1. The number of fused-ring (bicyclic) bond motifs is 1. The smallest absolute Gasteiger partial charge is 0.0711 e. The minimum Gasteiger partial charge on any atom is -0.301 e. The highest BCUT2D eigenvalue weighted by Gasteiger charge is 2.31. The molecule has 0 aromatic rings. The topological polar surface area (TPSA) is 12.4 Å². The molecule has 0 aromatic heterocycles. The summed E-state index contributed by atoms with van der Waals surface area (Å²) in [6.07, 6.45) is 12.8. The molecule has 1 nitrogen and oxygen atoms in total. The molecular formula is C19H19N. The van der Waals surface area contributed by atoms with E-state index in [4.69, 9.17) is 0 Å². The molecule has 1 fully saturated rings. The zero-order valence-electron chi connectivity index (χ0n) is 11.9. The molecule has 1 saturated carbocycles. The van der Waals surface area contributed by atoms with Crippen LogP contribution in [0.2, 0.25) is 0 Å². The molecule has 20 heavy (non-hydrogen) atoms.